The molecule has 1 aromatic heterocycles. The molecule has 0 aromatic carbocycles. The number of ether oxygens (including phenoxy) is 1. The minimum atomic E-state index is -0.334. The first kappa shape index (κ1) is 13.9. The van der Waals surface area contributed by atoms with Crippen LogP contribution in [0.2, 0.25) is 0 Å². The van der Waals surface area contributed by atoms with Crippen LogP contribution in [0, 0.1) is 11.7 Å². The summed E-state index contributed by atoms with van der Waals surface area (Å²) in [4.78, 5) is 4.01. The molecular formula is C13H21FN2O. The summed E-state index contributed by atoms with van der Waals surface area (Å²) < 4.78 is 18.8. The van der Waals surface area contributed by atoms with Crippen LogP contribution in [0.15, 0.2) is 12.3 Å². The Kier molecular flexibility index (Phi) is 5.35. The second-order valence-corrected chi connectivity index (χ2v) is 4.71. The highest BCUT2D eigenvalue weighted by Gasteiger charge is 2.12. The molecule has 0 saturated heterocycles. The molecule has 0 fully saturated rings. The van der Waals surface area contributed by atoms with E-state index in [-0.39, 0.29) is 11.9 Å². The molecule has 1 heterocycles. The van der Waals surface area contributed by atoms with Crippen molar-refractivity contribution in [1.29, 1.82) is 0 Å². The average molecular weight is 240 g/mol. The van der Waals surface area contributed by atoms with E-state index in [2.05, 4.69) is 24.1 Å². The third kappa shape index (κ3) is 4.69. The minimum absolute atomic E-state index is 0.0866. The number of hydrogen-bond donors (Lipinski definition) is 1. The highest BCUT2D eigenvalue weighted by Crippen LogP contribution is 2.19. The molecule has 3 nitrogen and oxygen atoms in total. The van der Waals surface area contributed by atoms with Crippen molar-refractivity contribution < 1.29 is 9.13 Å². The molecule has 1 rings (SSSR count). The van der Waals surface area contributed by atoms with Gasteiger partial charge in [-0.15, -0.1) is 0 Å². The second kappa shape index (κ2) is 6.55. The number of nitrogens with zero attached hydrogens (tertiary/aromatic N) is 1. The lowest BCUT2D eigenvalue weighted by molar-refractivity contribution is 0.183. The monoisotopic (exact) mass is 240 g/mol. The molecule has 1 N–H and O–H groups in total. The van der Waals surface area contributed by atoms with Crippen molar-refractivity contribution in [3.05, 3.63) is 23.6 Å². The van der Waals surface area contributed by atoms with E-state index in [1.165, 1.54) is 12.3 Å². The van der Waals surface area contributed by atoms with Crippen LogP contribution in [0.25, 0.3) is 0 Å². The van der Waals surface area contributed by atoms with Gasteiger partial charge in [0, 0.05) is 12.1 Å². The molecule has 0 aliphatic heterocycles. The Labute approximate surface area is 102 Å². The van der Waals surface area contributed by atoms with Gasteiger partial charge in [0.2, 0.25) is 5.88 Å². The molecule has 0 amide bonds. The van der Waals surface area contributed by atoms with Gasteiger partial charge in [-0.05, 0) is 32.4 Å². The van der Waals surface area contributed by atoms with E-state index < -0.39 is 0 Å². The highest BCUT2D eigenvalue weighted by atomic mass is 19.1. The van der Waals surface area contributed by atoms with Gasteiger partial charge in [0.25, 0.3) is 0 Å². The summed E-state index contributed by atoms with van der Waals surface area (Å²) in [6.45, 7) is 6.85. The Morgan fingerprint density at radius 3 is 2.71 bits per heavy atom. The van der Waals surface area contributed by atoms with E-state index in [0.29, 0.717) is 18.3 Å². The lowest BCUT2D eigenvalue weighted by Gasteiger charge is -2.17. The Balaban J connectivity index is 2.75. The molecule has 1 unspecified atom stereocenters. The highest BCUT2D eigenvalue weighted by molar-refractivity contribution is 5.26. The summed E-state index contributed by atoms with van der Waals surface area (Å²) in [5, 5.41) is 2.98. The fourth-order valence-electron chi connectivity index (χ4n) is 1.79. The maximum Gasteiger partial charge on any atom is 0.218 e. The third-order valence-corrected chi connectivity index (χ3v) is 2.38. The van der Waals surface area contributed by atoms with Gasteiger partial charge in [-0.25, -0.2) is 9.37 Å². The molecule has 0 radical (unpaired) electrons. The summed E-state index contributed by atoms with van der Waals surface area (Å²) >= 11 is 0. The SMILES string of the molecule is CNCc1cc(F)cnc1OC(C)CC(C)C. The van der Waals surface area contributed by atoms with E-state index in [0.717, 1.165) is 12.0 Å². The van der Waals surface area contributed by atoms with Gasteiger partial charge in [-0.2, -0.15) is 0 Å². The third-order valence-electron chi connectivity index (χ3n) is 2.38. The molecule has 1 aromatic rings. The average Bonchev–Trinajstić information content (AvgIpc) is 2.21. The van der Waals surface area contributed by atoms with Crippen LogP contribution in [0.4, 0.5) is 4.39 Å². The molecule has 0 spiro atoms. The maximum atomic E-state index is 13.1. The van der Waals surface area contributed by atoms with Crippen LogP contribution >= 0.6 is 0 Å². The lowest BCUT2D eigenvalue weighted by Crippen LogP contribution is -2.17. The summed E-state index contributed by atoms with van der Waals surface area (Å²) in [7, 11) is 1.81. The van der Waals surface area contributed by atoms with Gasteiger partial charge in [0.15, 0.2) is 0 Å². The van der Waals surface area contributed by atoms with Crippen molar-refractivity contribution in [2.75, 3.05) is 7.05 Å². The Morgan fingerprint density at radius 2 is 2.12 bits per heavy atom. The van der Waals surface area contributed by atoms with Gasteiger partial charge < -0.3 is 10.1 Å². The predicted octanol–water partition coefficient (Wildman–Crippen LogP) is 2.75. The molecule has 0 aliphatic carbocycles. The minimum Gasteiger partial charge on any atom is -0.474 e. The number of rotatable bonds is 6. The van der Waals surface area contributed by atoms with Gasteiger partial charge >= 0.3 is 0 Å². The van der Waals surface area contributed by atoms with E-state index in [9.17, 15) is 4.39 Å². The van der Waals surface area contributed by atoms with E-state index in [4.69, 9.17) is 4.74 Å². The zero-order valence-corrected chi connectivity index (χ0v) is 11.0. The Hall–Kier alpha value is -1.16. The van der Waals surface area contributed by atoms with Crippen molar-refractivity contribution in [2.45, 2.75) is 39.8 Å². The Bertz CT molecular complexity index is 355. The largest absolute Gasteiger partial charge is 0.474 e. The smallest absolute Gasteiger partial charge is 0.218 e. The van der Waals surface area contributed by atoms with Crippen molar-refractivity contribution >= 4 is 0 Å². The molecule has 96 valence electrons. The van der Waals surface area contributed by atoms with Gasteiger partial charge in [0.05, 0.1) is 12.3 Å². The maximum absolute atomic E-state index is 13.1. The van der Waals surface area contributed by atoms with Crippen LogP contribution in [0.1, 0.15) is 32.8 Å². The molecule has 0 bridgehead atoms. The van der Waals surface area contributed by atoms with Crippen LogP contribution in [-0.2, 0) is 6.54 Å². The number of nitrogens with one attached hydrogen (secondary N) is 1. The number of halogens is 1. The lowest BCUT2D eigenvalue weighted by atomic mass is 10.1. The molecule has 1 atom stereocenters. The predicted molar refractivity (Wildman–Crippen MR) is 66.5 cm³/mol. The molecule has 17 heavy (non-hydrogen) atoms. The number of hydrogen-bond acceptors (Lipinski definition) is 3. The first-order chi connectivity index (χ1) is 8.02. The van der Waals surface area contributed by atoms with E-state index in [1.54, 1.807) is 0 Å². The van der Waals surface area contributed by atoms with Gasteiger partial charge in [-0.3, -0.25) is 0 Å². The van der Waals surface area contributed by atoms with Crippen molar-refractivity contribution in [3.8, 4) is 5.88 Å². The quantitative estimate of drug-likeness (QED) is 0.830. The Morgan fingerprint density at radius 1 is 1.41 bits per heavy atom. The molecule has 0 saturated carbocycles. The van der Waals surface area contributed by atoms with Gasteiger partial charge in [-0.1, -0.05) is 13.8 Å². The summed E-state index contributed by atoms with van der Waals surface area (Å²) in [5.74, 6) is 0.756. The zero-order valence-electron chi connectivity index (χ0n) is 11.0. The van der Waals surface area contributed by atoms with Crippen LogP contribution in [0.3, 0.4) is 0 Å². The van der Waals surface area contributed by atoms with Crippen molar-refractivity contribution in [1.82, 2.24) is 10.3 Å². The van der Waals surface area contributed by atoms with Gasteiger partial charge in [0.1, 0.15) is 5.82 Å². The van der Waals surface area contributed by atoms with Crippen molar-refractivity contribution in [3.63, 3.8) is 0 Å². The first-order valence-corrected chi connectivity index (χ1v) is 5.98. The molecule has 4 heteroatoms. The number of aromatic nitrogens is 1. The summed E-state index contributed by atoms with van der Waals surface area (Å²) in [6, 6.07) is 1.46. The zero-order chi connectivity index (χ0) is 12.8. The van der Waals surface area contributed by atoms with Crippen molar-refractivity contribution in [2.24, 2.45) is 5.92 Å². The fourth-order valence-corrected chi connectivity index (χ4v) is 1.79. The normalized spacial score (nSPS) is 12.8. The second-order valence-electron chi connectivity index (χ2n) is 4.71. The molecule has 0 aliphatic rings. The van der Waals surface area contributed by atoms with E-state index in [1.807, 2.05) is 14.0 Å². The molecular weight excluding hydrogens is 219 g/mol. The van der Waals surface area contributed by atoms with Crippen LogP contribution in [0.5, 0.6) is 5.88 Å². The topological polar surface area (TPSA) is 34.2 Å². The van der Waals surface area contributed by atoms with E-state index >= 15 is 0 Å². The summed E-state index contributed by atoms with van der Waals surface area (Å²) in [5.41, 5.74) is 0.753. The van der Waals surface area contributed by atoms with Crippen LogP contribution < -0.4 is 10.1 Å². The first-order valence-electron chi connectivity index (χ1n) is 5.98. The van der Waals surface area contributed by atoms with Crippen LogP contribution in [-0.4, -0.2) is 18.1 Å². The fraction of sp³-hybridized carbons (Fsp3) is 0.615. The number of pyridine rings is 1. The standard InChI is InChI=1S/C13H21FN2O/c1-9(2)5-10(3)17-13-11(7-15-4)6-12(14)8-16-13/h6,8-10,15H,5,7H2,1-4H3. The summed E-state index contributed by atoms with van der Waals surface area (Å²) in [6.07, 6.45) is 2.23.